The third kappa shape index (κ3) is 5.78. The molecule has 4 aromatic rings. The Labute approximate surface area is 215 Å². The lowest BCUT2D eigenvalue weighted by Crippen LogP contribution is -2.39. The molecule has 0 bridgehead atoms. The Bertz CT molecular complexity index is 1530. The third-order valence-electron chi connectivity index (χ3n) is 5.89. The van der Waals surface area contributed by atoms with Crippen LogP contribution in [-0.4, -0.2) is 31.7 Å². The lowest BCUT2D eigenvalue weighted by molar-refractivity contribution is -0.119. The Kier molecular flexibility index (Phi) is 7.54. The van der Waals surface area contributed by atoms with Crippen LogP contribution in [0.2, 0.25) is 0 Å². The molecule has 0 spiro atoms. The average Bonchev–Trinajstić information content (AvgIpc) is 3.17. The molecule has 0 fully saturated rings. The fourth-order valence-electron chi connectivity index (χ4n) is 3.99. The molecular weight excluding hydrogens is 491 g/mol. The van der Waals surface area contributed by atoms with Crippen LogP contribution in [0.15, 0.2) is 94.9 Å². The topological polar surface area (TPSA) is 83.8 Å². The summed E-state index contributed by atoms with van der Waals surface area (Å²) in [6.45, 7) is 5.26. The van der Waals surface area contributed by atoms with E-state index in [0.717, 1.165) is 32.5 Å². The molecule has 0 aliphatic heterocycles. The molecule has 190 valence electrons. The van der Waals surface area contributed by atoms with Gasteiger partial charge in [0.2, 0.25) is 0 Å². The van der Waals surface area contributed by atoms with Crippen molar-refractivity contribution < 1.29 is 17.6 Å². The van der Waals surface area contributed by atoms with Crippen LogP contribution in [0.25, 0.3) is 5.69 Å². The summed E-state index contributed by atoms with van der Waals surface area (Å²) in [4.78, 5) is 12.9. The van der Waals surface area contributed by atoms with E-state index in [0.29, 0.717) is 5.69 Å². The number of hydrogen-bond donors (Lipinski definition) is 1. The summed E-state index contributed by atoms with van der Waals surface area (Å²) in [6.07, 6.45) is 1.50. The van der Waals surface area contributed by atoms with Crippen LogP contribution in [0, 0.1) is 26.6 Å². The van der Waals surface area contributed by atoms with Gasteiger partial charge in [-0.05, 0) is 75.4 Å². The zero-order valence-electron chi connectivity index (χ0n) is 20.7. The number of halogens is 1. The van der Waals surface area contributed by atoms with E-state index in [1.165, 1.54) is 30.5 Å². The van der Waals surface area contributed by atoms with Gasteiger partial charge in [-0.25, -0.2) is 18.2 Å². The van der Waals surface area contributed by atoms with E-state index in [-0.39, 0.29) is 10.7 Å². The van der Waals surface area contributed by atoms with Gasteiger partial charge >= 0.3 is 0 Å². The number of aryl methyl sites for hydroxylation is 2. The first-order valence-corrected chi connectivity index (χ1v) is 13.0. The van der Waals surface area contributed by atoms with Gasteiger partial charge in [-0.3, -0.25) is 9.10 Å². The van der Waals surface area contributed by atoms with E-state index in [1.54, 1.807) is 54.6 Å². The SMILES string of the molecule is Cc1ccc(N(CC(=O)N/N=C/c2cc(C)n(-c3ccc(F)cc3)c2C)S(=O)(=O)c2ccccc2)cc1. The number of hydrazone groups is 1. The molecule has 1 N–H and O–H groups in total. The monoisotopic (exact) mass is 518 g/mol. The van der Waals surface area contributed by atoms with Crippen molar-refractivity contribution in [2.24, 2.45) is 5.10 Å². The number of hydrogen-bond acceptors (Lipinski definition) is 4. The highest BCUT2D eigenvalue weighted by Gasteiger charge is 2.27. The Hall–Kier alpha value is -4.24. The van der Waals surface area contributed by atoms with E-state index < -0.39 is 22.5 Å². The maximum absolute atomic E-state index is 13.4. The first kappa shape index (κ1) is 25.8. The van der Waals surface area contributed by atoms with E-state index in [4.69, 9.17) is 0 Å². The first-order valence-electron chi connectivity index (χ1n) is 11.6. The van der Waals surface area contributed by atoms with Gasteiger partial charge < -0.3 is 4.57 Å². The van der Waals surface area contributed by atoms with Gasteiger partial charge in [-0.1, -0.05) is 35.9 Å². The Morgan fingerprint density at radius 2 is 1.62 bits per heavy atom. The van der Waals surface area contributed by atoms with Crippen LogP contribution >= 0.6 is 0 Å². The molecule has 3 aromatic carbocycles. The molecule has 0 saturated heterocycles. The molecule has 7 nitrogen and oxygen atoms in total. The molecule has 0 saturated carbocycles. The van der Waals surface area contributed by atoms with Gasteiger partial charge in [0.15, 0.2) is 0 Å². The highest BCUT2D eigenvalue weighted by molar-refractivity contribution is 7.92. The third-order valence-corrected chi connectivity index (χ3v) is 7.68. The zero-order chi connectivity index (χ0) is 26.6. The lowest BCUT2D eigenvalue weighted by atomic mass is 10.2. The minimum atomic E-state index is -3.99. The second-order valence-electron chi connectivity index (χ2n) is 8.59. The van der Waals surface area contributed by atoms with Crippen molar-refractivity contribution in [3.8, 4) is 5.69 Å². The quantitative estimate of drug-likeness (QED) is 0.266. The van der Waals surface area contributed by atoms with Gasteiger partial charge in [0.1, 0.15) is 12.4 Å². The molecule has 0 aliphatic rings. The van der Waals surface area contributed by atoms with Crippen LogP contribution < -0.4 is 9.73 Å². The van der Waals surface area contributed by atoms with Crippen molar-refractivity contribution in [3.05, 3.63) is 113 Å². The predicted molar refractivity (Wildman–Crippen MR) is 143 cm³/mol. The molecule has 0 aliphatic carbocycles. The fourth-order valence-corrected chi connectivity index (χ4v) is 5.43. The molecule has 1 amide bonds. The van der Waals surface area contributed by atoms with Crippen molar-refractivity contribution in [2.45, 2.75) is 25.7 Å². The van der Waals surface area contributed by atoms with Gasteiger partial charge in [0.25, 0.3) is 15.9 Å². The van der Waals surface area contributed by atoms with E-state index in [2.05, 4.69) is 10.5 Å². The number of aromatic nitrogens is 1. The number of anilines is 1. The smallest absolute Gasteiger partial charge is 0.264 e. The fraction of sp³-hybridized carbons (Fsp3) is 0.143. The molecule has 1 heterocycles. The predicted octanol–water partition coefficient (Wildman–Crippen LogP) is 4.89. The number of nitrogens with one attached hydrogen (secondary N) is 1. The van der Waals surface area contributed by atoms with Crippen LogP contribution in [0.4, 0.5) is 10.1 Å². The molecule has 9 heteroatoms. The Morgan fingerprint density at radius 3 is 2.27 bits per heavy atom. The number of rotatable bonds is 8. The highest BCUT2D eigenvalue weighted by atomic mass is 32.2. The lowest BCUT2D eigenvalue weighted by Gasteiger charge is -2.23. The average molecular weight is 519 g/mol. The van der Waals surface area contributed by atoms with Crippen molar-refractivity contribution in [3.63, 3.8) is 0 Å². The Balaban J connectivity index is 1.53. The number of carbonyl (C=O) groups is 1. The molecule has 1 aromatic heterocycles. The minimum Gasteiger partial charge on any atom is -0.318 e. The van der Waals surface area contributed by atoms with E-state index in [9.17, 15) is 17.6 Å². The number of benzene rings is 3. The van der Waals surface area contributed by atoms with Crippen LogP contribution in [0.1, 0.15) is 22.5 Å². The second kappa shape index (κ2) is 10.8. The second-order valence-corrected chi connectivity index (χ2v) is 10.5. The van der Waals surface area contributed by atoms with Gasteiger partial charge in [-0.15, -0.1) is 0 Å². The van der Waals surface area contributed by atoms with Gasteiger partial charge in [0, 0.05) is 22.6 Å². The van der Waals surface area contributed by atoms with Crippen LogP contribution in [0.5, 0.6) is 0 Å². The van der Waals surface area contributed by atoms with Crippen molar-refractivity contribution in [1.29, 1.82) is 0 Å². The number of carbonyl (C=O) groups excluding carboxylic acids is 1. The summed E-state index contributed by atoms with van der Waals surface area (Å²) in [7, 11) is -3.99. The summed E-state index contributed by atoms with van der Waals surface area (Å²) in [6, 6.07) is 22.9. The van der Waals surface area contributed by atoms with Gasteiger partial charge in [-0.2, -0.15) is 5.10 Å². The summed E-state index contributed by atoms with van der Waals surface area (Å²) in [5.74, 6) is -0.909. The summed E-state index contributed by atoms with van der Waals surface area (Å²) < 4.78 is 43.1. The first-order chi connectivity index (χ1) is 17.7. The van der Waals surface area contributed by atoms with E-state index >= 15 is 0 Å². The minimum absolute atomic E-state index is 0.0834. The Morgan fingerprint density at radius 1 is 0.973 bits per heavy atom. The molecule has 4 rings (SSSR count). The standard InChI is InChI=1S/C28H27FN4O3S/c1-20-9-13-25(14-10-20)32(37(35,36)27-7-5-4-6-8-27)19-28(34)31-30-18-23-17-21(2)33(22(23)3)26-15-11-24(29)12-16-26/h4-18H,19H2,1-3H3,(H,31,34)/b30-18+. The van der Waals surface area contributed by atoms with Crippen molar-refractivity contribution >= 4 is 27.8 Å². The molecule has 37 heavy (non-hydrogen) atoms. The zero-order valence-corrected chi connectivity index (χ0v) is 21.5. The van der Waals surface area contributed by atoms with Crippen molar-refractivity contribution in [2.75, 3.05) is 10.8 Å². The molecule has 0 unspecified atom stereocenters. The molecule has 0 radical (unpaired) electrons. The summed E-state index contributed by atoms with van der Waals surface area (Å²) >= 11 is 0. The van der Waals surface area contributed by atoms with E-state index in [1.807, 2.05) is 31.4 Å². The van der Waals surface area contributed by atoms with Crippen LogP contribution in [0.3, 0.4) is 0 Å². The molecular formula is C28H27FN4O3S. The normalized spacial score (nSPS) is 11.6. The van der Waals surface area contributed by atoms with Crippen LogP contribution in [-0.2, 0) is 14.8 Å². The molecule has 0 atom stereocenters. The number of sulfonamides is 1. The van der Waals surface area contributed by atoms with Crippen molar-refractivity contribution in [1.82, 2.24) is 9.99 Å². The summed E-state index contributed by atoms with van der Waals surface area (Å²) in [5, 5.41) is 4.06. The summed E-state index contributed by atoms with van der Waals surface area (Å²) in [5.41, 5.74) is 7.11. The largest absolute Gasteiger partial charge is 0.318 e. The number of amides is 1. The highest BCUT2D eigenvalue weighted by Crippen LogP contribution is 2.24. The number of nitrogens with zero attached hydrogens (tertiary/aromatic N) is 3. The maximum Gasteiger partial charge on any atom is 0.264 e. The maximum atomic E-state index is 13.4. The van der Waals surface area contributed by atoms with Gasteiger partial charge in [0.05, 0.1) is 16.8 Å².